The molecular weight excluding hydrogens is 508 g/mol. The maximum absolute atomic E-state index is 2.34. The first-order chi connectivity index (χ1) is 18.7. The van der Waals surface area contributed by atoms with Crippen LogP contribution in [0.2, 0.25) is 0 Å². The first-order valence-corrected chi connectivity index (χ1v) is 13.9. The lowest BCUT2D eigenvalue weighted by molar-refractivity contribution is 0.494. The van der Waals surface area contributed by atoms with Crippen LogP contribution >= 0.6 is 12.4 Å². The lowest BCUT2D eigenvalue weighted by atomic mass is 9.94. The van der Waals surface area contributed by atoms with E-state index in [-0.39, 0.29) is 12.4 Å². The van der Waals surface area contributed by atoms with Crippen molar-refractivity contribution in [1.29, 1.82) is 0 Å². The molecule has 2 heterocycles. The van der Waals surface area contributed by atoms with Crippen molar-refractivity contribution in [3.63, 3.8) is 0 Å². The van der Waals surface area contributed by atoms with Crippen LogP contribution in [-0.2, 0) is 0 Å². The highest BCUT2D eigenvalue weighted by molar-refractivity contribution is 6.02. The standard InChI is InChI=1S/C37H38N2.ClH/c1-26-32(38(3,4)34-24-22-28-16-12-14-18-30(28)36(26)34)20-10-8-7-9-11-21-33-27(2)37-31-19-15-13-17-29(31)23-25-35(37)39(33,5)6;/h7-26H,1-6H3;1H/q+2;. The molecular formula is C37H39ClN2+2. The Labute approximate surface area is 245 Å². The molecule has 0 saturated carbocycles. The Morgan fingerprint density at radius 3 is 1.93 bits per heavy atom. The minimum atomic E-state index is 0. The minimum absolute atomic E-state index is 0. The van der Waals surface area contributed by atoms with E-state index >= 15 is 0 Å². The van der Waals surface area contributed by atoms with Crippen molar-refractivity contribution in [2.75, 3.05) is 28.2 Å². The highest BCUT2D eigenvalue weighted by Crippen LogP contribution is 2.50. The van der Waals surface area contributed by atoms with E-state index in [0.29, 0.717) is 5.92 Å². The van der Waals surface area contributed by atoms with Crippen molar-refractivity contribution in [2.45, 2.75) is 19.8 Å². The fourth-order valence-electron chi connectivity index (χ4n) is 6.93. The molecule has 0 amide bonds. The number of rotatable bonds is 4. The molecule has 0 bridgehead atoms. The highest BCUT2D eigenvalue weighted by atomic mass is 35.5. The van der Waals surface area contributed by atoms with Crippen LogP contribution in [0.15, 0.2) is 127 Å². The Bertz CT molecular complexity index is 1780. The first kappa shape index (κ1) is 27.9. The van der Waals surface area contributed by atoms with Gasteiger partial charge in [0.15, 0.2) is 0 Å². The molecule has 0 N–H and O–H groups in total. The van der Waals surface area contributed by atoms with Crippen LogP contribution in [0.3, 0.4) is 0 Å². The summed E-state index contributed by atoms with van der Waals surface area (Å²) in [4.78, 5) is 0. The Morgan fingerprint density at radius 2 is 1.20 bits per heavy atom. The van der Waals surface area contributed by atoms with Crippen LogP contribution in [0.4, 0.5) is 11.4 Å². The summed E-state index contributed by atoms with van der Waals surface area (Å²) in [5.74, 6) is 0.379. The van der Waals surface area contributed by atoms with Gasteiger partial charge in [0.1, 0.15) is 22.8 Å². The van der Waals surface area contributed by atoms with Crippen molar-refractivity contribution in [2.24, 2.45) is 0 Å². The summed E-state index contributed by atoms with van der Waals surface area (Å²) in [5, 5.41) is 5.33. The van der Waals surface area contributed by atoms with E-state index in [4.69, 9.17) is 0 Å². The van der Waals surface area contributed by atoms with Gasteiger partial charge in [-0.2, -0.15) is 0 Å². The molecule has 40 heavy (non-hydrogen) atoms. The predicted molar refractivity (Wildman–Crippen MR) is 179 cm³/mol. The number of halogens is 1. The summed E-state index contributed by atoms with van der Waals surface area (Å²) < 4.78 is 1.56. The molecule has 4 aromatic carbocycles. The number of benzene rings is 4. The van der Waals surface area contributed by atoms with Crippen LogP contribution < -0.4 is 8.97 Å². The quantitative estimate of drug-likeness (QED) is 0.176. The lowest BCUT2D eigenvalue weighted by Gasteiger charge is -2.26. The third kappa shape index (κ3) is 4.28. The molecule has 202 valence electrons. The zero-order valence-electron chi connectivity index (χ0n) is 24.3. The second-order valence-electron chi connectivity index (χ2n) is 11.8. The Balaban J connectivity index is 0.00000323. The third-order valence-corrected chi connectivity index (χ3v) is 8.91. The maximum atomic E-state index is 2.34. The normalized spacial score (nSPS) is 20.4. The Hall–Kier alpha value is -3.69. The zero-order valence-corrected chi connectivity index (χ0v) is 25.2. The fourth-order valence-corrected chi connectivity index (χ4v) is 6.93. The largest absolute Gasteiger partial charge is 0.266 e. The number of fused-ring (bicyclic) bond motifs is 6. The molecule has 4 aromatic rings. The fraction of sp³-hybridized carbons (Fsp3) is 0.189. The summed E-state index contributed by atoms with van der Waals surface area (Å²) in [5.41, 5.74) is 9.72. The second-order valence-corrected chi connectivity index (χ2v) is 11.8. The van der Waals surface area contributed by atoms with Gasteiger partial charge >= 0.3 is 0 Å². The Kier molecular flexibility index (Phi) is 7.22. The van der Waals surface area contributed by atoms with Crippen molar-refractivity contribution < 1.29 is 0 Å². The molecule has 0 radical (unpaired) electrons. The van der Waals surface area contributed by atoms with E-state index in [1.807, 2.05) is 0 Å². The van der Waals surface area contributed by atoms with Crippen molar-refractivity contribution >= 4 is 50.9 Å². The van der Waals surface area contributed by atoms with E-state index in [0.717, 1.165) is 8.97 Å². The van der Waals surface area contributed by atoms with E-state index in [9.17, 15) is 0 Å². The molecule has 0 aromatic heterocycles. The number of quaternary nitrogens is 2. The van der Waals surface area contributed by atoms with Crippen molar-refractivity contribution in [3.8, 4) is 0 Å². The van der Waals surface area contributed by atoms with Crippen LogP contribution in [0.1, 0.15) is 30.9 Å². The van der Waals surface area contributed by atoms with Gasteiger partial charge in [-0.15, -0.1) is 12.4 Å². The number of likely N-dealkylation sites (N-methyl/N-ethyl adjacent to an activating group) is 2. The SMILES string of the molecule is CC1=C(C=CC=CC=CC=C2C(C)c3c(ccc4ccccc34)[N+]2(C)C)[N+](C)(C)c2ccc3ccccc3c21.Cl. The summed E-state index contributed by atoms with van der Waals surface area (Å²) in [7, 11) is 9.16. The Morgan fingerprint density at radius 1 is 0.625 bits per heavy atom. The van der Waals surface area contributed by atoms with Crippen molar-refractivity contribution in [1.82, 2.24) is 8.97 Å². The molecule has 0 fully saturated rings. The molecule has 6 rings (SSSR count). The van der Waals surface area contributed by atoms with E-state index in [1.54, 1.807) is 0 Å². The van der Waals surface area contributed by atoms with Gasteiger partial charge in [0.2, 0.25) is 0 Å². The topological polar surface area (TPSA) is 0 Å². The van der Waals surface area contributed by atoms with Gasteiger partial charge in [0.25, 0.3) is 0 Å². The molecule has 0 saturated heterocycles. The molecule has 2 nitrogen and oxygen atoms in total. The predicted octanol–water partition coefficient (Wildman–Crippen LogP) is 9.66. The van der Waals surface area contributed by atoms with Crippen molar-refractivity contribution in [3.05, 3.63) is 138 Å². The molecule has 1 atom stereocenters. The van der Waals surface area contributed by atoms with Crippen LogP contribution in [-0.4, -0.2) is 28.2 Å². The zero-order chi connectivity index (χ0) is 27.4. The lowest BCUT2D eigenvalue weighted by Crippen LogP contribution is -2.36. The maximum Gasteiger partial charge on any atom is 0.145 e. The highest BCUT2D eigenvalue weighted by Gasteiger charge is 2.42. The van der Waals surface area contributed by atoms with E-state index in [1.165, 1.54) is 61.0 Å². The van der Waals surface area contributed by atoms with Gasteiger partial charge < -0.3 is 0 Å². The minimum Gasteiger partial charge on any atom is -0.266 e. The van der Waals surface area contributed by atoms with Crippen LogP contribution in [0.5, 0.6) is 0 Å². The number of hydrogen-bond acceptors (Lipinski definition) is 0. The van der Waals surface area contributed by atoms with Gasteiger partial charge in [-0.25, -0.2) is 0 Å². The second kappa shape index (κ2) is 10.4. The summed E-state index contributed by atoms with van der Waals surface area (Å²) in [6.07, 6.45) is 15.3. The van der Waals surface area contributed by atoms with Gasteiger partial charge in [-0.05, 0) is 59.7 Å². The number of hydrogen-bond donors (Lipinski definition) is 0. The van der Waals surface area contributed by atoms with E-state index in [2.05, 4.69) is 157 Å². The average molecular weight is 547 g/mol. The molecule has 2 aliphatic heterocycles. The van der Waals surface area contributed by atoms with Crippen LogP contribution in [0, 0.1) is 0 Å². The van der Waals surface area contributed by atoms with Gasteiger partial charge in [0, 0.05) is 23.3 Å². The van der Waals surface area contributed by atoms with Crippen LogP contribution in [0.25, 0.3) is 27.1 Å². The van der Waals surface area contributed by atoms with Gasteiger partial charge in [-0.1, -0.05) is 78.9 Å². The van der Waals surface area contributed by atoms with Gasteiger partial charge in [0.05, 0.1) is 39.7 Å². The first-order valence-electron chi connectivity index (χ1n) is 13.9. The molecule has 0 spiro atoms. The molecule has 1 unspecified atom stereocenters. The summed E-state index contributed by atoms with van der Waals surface area (Å²) in [6.45, 7) is 4.60. The summed E-state index contributed by atoms with van der Waals surface area (Å²) in [6, 6.07) is 26.6. The summed E-state index contributed by atoms with van der Waals surface area (Å²) >= 11 is 0. The number of allylic oxidation sites excluding steroid dienone is 9. The van der Waals surface area contributed by atoms with Gasteiger partial charge in [-0.3, -0.25) is 8.97 Å². The monoisotopic (exact) mass is 546 g/mol. The average Bonchev–Trinajstić information content (AvgIpc) is 3.25. The molecule has 0 aliphatic carbocycles. The number of nitrogens with zero attached hydrogens (tertiary/aromatic N) is 2. The smallest absolute Gasteiger partial charge is 0.145 e. The molecule has 2 aliphatic rings. The molecule has 3 heteroatoms. The third-order valence-electron chi connectivity index (χ3n) is 8.91. The van der Waals surface area contributed by atoms with E-state index < -0.39 is 0 Å².